The molecular weight excluding hydrogens is 396 g/mol. The van der Waals surface area contributed by atoms with Crippen LogP contribution in [-0.2, 0) is 27.3 Å². The molecule has 2 fully saturated rings. The van der Waals surface area contributed by atoms with Crippen LogP contribution in [0.1, 0.15) is 65.7 Å². The van der Waals surface area contributed by atoms with E-state index < -0.39 is 11.0 Å². The minimum absolute atomic E-state index is 0.0406. The van der Waals surface area contributed by atoms with Gasteiger partial charge in [-0.2, -0.15) is 0 Å². The van der Waals surface area contributed by atoms with Crippen molar-refractivity contribution >= 4 is 16.9 Å². The fourth-order valence-electron chi connectivity index (χ4n) is 4.99. The second kappa shape index (κ2) is 7.37. The highest BCUT2D eigenvalue weighted by Gasteiger charge is 2.72. The number of ether oxygens (including phenoxy) is 3. The molecule has 1 aromatic heterocycles. The molecule has 2 bridgehead atoms. The highest BCUT2D eigenvalue weighted by Crippen LogP contribution is 2.65. The van der Waals surface area contributed by atoms with Gasteiger partial charge in [-0.3, -0.25) is 9.59 Å². The van der Waals surface area contributed by atoms with Crippen LogP contribution in [0.3, 0.4) is 0 Å². The number of esters is 1. The summed E-state index contributed by atoms with van der Waals surface area (Å²) in [6.07, 6.45) is 2.16. The van der Waals surface area contributed by atoms with Gasteiger partial charge in [-0.15, -0.1) is 0 Å². The molecule has 2 atom stereocenters. The predicted molar refractivity (Wildman–Crippen MR) is 117 cm³/mol. The predicted octanol–water partition coefficient (Wildman–Crippen LogP) is 4.78. The van der Waals surface area contributed by atoms with E-state index in [0.29, 0.717) is 34.5 Å². The number of benzene rings is 1. The molecular formula is C25H32O6. The Labute approximate surface area is 182 Å². The summed E-state index contributed by atoms with van der Waals surface area (Å²) >= 11 is 0. The summed E-state index contributed by atoms with van der Waals surface area (Å²) in [5.41, 5.74) is -0.319. The molecule has 0 radical (unpaired) electrons. The van der Waals surface area contributed by atoms with Gasteiger partial charge in [-0.05, 0) is 45.7 Å². The van der Waals surface area contributed by atoms with Gasteiger partial charge in [0.15, 0.2) is 5.43 Å². The Hall–Kier alpha value is -2.34. The molecule has 2 heterocycles. The molecule has 1 aliphatic heterocycles. The van der Waals surface area contributed by atoms with Crippen LogP contribution in [0.25, 0.3) is 11.0 Å². The van der Waals surface area contributed by atoms with E-state index in [2.05, 4.69) is 13.8 Å². The zero-order valence-electron chi connectivity index (χ0n) is 19.3. The minimum Gasteiger partial charge on any atom is -0.490 e. The largest absolute Gasteiger partial charge is 0.490 e. The standard InChI is InChI=1S/C25H32O6/c1-7-16-12-19(26)17-8-9-20(29-15(2)3)18(21(17)30-16)13-28-14-25-11-10-24(6,22(27)31-25)23(25,4)5/h8-9,12,15H,7,10-11,13-14H2,1-6H3/t24-,25+/m1/s1. The third-order valence-corrected chi connectivity index (χ3v) is 7.59. The average molecular weight is 429 g/mol. The fourth-order valence-corrected chi connectivity index (χ4v) is 4.99. The second-order valence-electron chi connectivity index (χ2n) is 9.85. The molecule has 2 aliphatic rings. The first-order chi connectivity index (χ1) is 14.5. The molecule has 0 N–H and O–H groups in total. The van der Waals surface area contributed by atoms with Gasteiger partial charge in [-0.1, -0.05) is 20.8 Å². The van der Waals surface area contributed by atoms with Gasteiger partial charge in [0, 0.05) is 17.9 Å². The lowest BCUT2D eigenvalue weighted by atomic mass is 9.66. The van der Waals surface area contributed by atoms with Crippen molar-refractivity contribution in [2.24, 2.45) is 10.8 Å². The molecule has 1 aliphatic carbocycles. The maximum absolute atomic E-state index is 12.6. The zero-order chi connectivity index (χ0) is 22.6. The number of hydrogen-bond donors (Lipinski definition) is 0. The van der Waals surface area contributed by atoms with Crippen LogP contribution in [0, 0.1) is 10.8 Å². The van der Waals surface area contributed by atoms with Crippen LogP contribution in [0.2, 0.25) is 0 Å². The van der Waals surface area contributed by atoms with E-state index in [1.54, 1.807) is 12.1 Å². The monoisotopic (exact) mass is 428 g/mol. The number of carbonyl (C=O) groups is 1. The highest BCUT2D eigenvalue weighted by atomic mass is 16.6. The quantitative estimate of drug-likeness (QED) is 0.591. The molecule has 6 nitrogen and oxygen atoms in total. The van der Waals surface area contributed by atoms with Gasteiger partial charge in [-0.25, -0.2) is 0 Å². The van der Waals surface area contributed by atoms with E-state index in [4.69, 9.17) is 18.6 Å². The van der Waals surface area contributed by atoms with Crippen molar-refractivity contribution in [2.75, 3.05) is 6.61 Å². The van der Waals surface area contributed by atoms with Gasteiger partial charge in [0.1, 0.15) is 22.7 Å². The Kier molecular flexibility index (Phi) is 5.20. The van der Waals surface area contributed by atoms with E-state index in [9.17, 15) is 9.59 Å². The average Bonchev–Trinajstić information content (AvgIpc) is 2.98. The van der Waals surface area contributed by atoms with Crippen molar-refractivity contribution in [1.29, 1.82) is 0 Å². The van der Waals surface area contributed by atoms with Crippen LogP contribution in [0.5, 0.6) is 5.75 Å². The molecule has 1 saturated heterocycles. The summed E-state index contributed by atoms with van der Waals surface area (Å²) < 4.78 is 24.1. The van der Waals surface area contributed by atoms with Gasteiger partial charge in [0.25, 0.3) is 0 Å². The molecule has 1 saturated carbocycles. The number of hydrogen-bond acceptors (Lipinski definition) is 6. The summed E-state index contributed by atoms with van der Waals surface area (Å²) in [6.45, 7) is 12.5. The molecule has 31 heavy (non-hydrogen) atoms. The number of fused-ring (bicyclic) bond motifs is 3. The maximum Gasteiger partial charge on any atom is 0.313 e. The van der Waals surface area contributed by atoms with E-state index in [-0.39, 0.29) is 36.1 Å². The van der Waals surface area contributed by atoms with Crippen molar-refractivity contribution in [1.82, 2.24) is 0 Å². The topological polar surface area (TPSA) is 75.0 Å². The van der Waals surface area contributed by atoms with Crippen LogP contribution < -0.4 is 10.2 Å². The first-order valence-corrected chi connectivity index (χ1v) is 11.1. The lowest BCUT2D eigenvalue weighted by Crippen LogP contribution is -2.44. The summed E-state index contributed by atoms with van der Waals surface area (Å²) in [5.74, 6) is 1.12. The van der Waals surface area contributed by atoms with Crippen LogP contribution >= 0.6 is 0 Å². The zero-order valence-corrected chi connectivity index (χ0v) is 19.3. The molecule has 0 amide bonds. The molecule has 0 spiro atoms. The van der Waals surface area contributed by atoms with E-state index >= 15 is 0 Å². The minimum atomic E-state index is -0.641. The summed E-state index contributed by atoms with van der Waals surface area (Å²) in [7, 11) is 0. The van der Waals surface area contributed by atoms with Gasteiger partial charge >= 0.3 is 5.97 Å². The van der Waals surface area contributed by atoms with Gasteiger partial charge < -0.3 is 18.6 Å². The third-order valence-electron chi connectivity index (χ3n) is 7.59. The first kappa shape index (κ1) is 21.9. The molecule has 0 unspecified atom stereocenters. The summed E-state index contributed by atoms with van der Waals surface area (Å²) in [6, 6.07) is 5.08. The third kappa shape index (κ3) is 3.18. The number of aryl methyl sites for hydroxylation is 1. The molecule has 1 aromatic carbocycles. The van der Waals surface area contributed by atoms with E-state index in [0.717, 1.165) is 12.8 Å². The van der Waals surface area contributed by atoms with Crippen LogP contribution in [0.15, 0.2) is 27.4 Å². The lowest BCUT2D eigenvalue weighted by Gasteiger charge is -2.36. The van der Waals surface area contributed by atoms with Crippen molar-refractivity contribution in [3.05, 3.63) is 39.7 Å². The van der Waals surface area contributed by atoms with Crippen molar-refractivity contribution in [3.63, 3.8) is 0 Å². The number of rotatable bonds is 7. The smallest absolute Gasteiger partial charge is 0.313 e. The van der Waals surface area contributed by atoms with Gasteiger partial charge in [0.05, 0.1) is 35.7 Å². The van der Waals surface area contributed by atoms with Crippen LogP contribution in [0.4, 0.5) is 0 Å². The molecule has 4 rings (SSSR count). The van der Waals surface area contributed by atoms with E-state index in [1.807, 2.05) is 27.7 Å². The second-order valence-corrected chi connectivity index (χ2v) is 9.85. The normalized spacial score (nSPS) is 26.6. The number of carbonyl (C=O) groups excluding carboxylic acids is 1. The van der Waals surface area contributed by atoms with Gasteiger partial charge in [0.2, 0.25) is 0 Å². The van der Waals surface area contributed by atoms with E-state index in [1.165, 1.54) is 6.07 Å². The van der Waals surface area contributed by atoms with Crippen LogP contribution in [-0.4, -0.2) is 24.3 Å². The Morgan fingerprint density at radius 2 is 1.87 bits per heavy atom. The Balaban J connectivity index is 1.67. The molecule has 6 heteroatoms. The Morgan fingerprint density at radius 1 is 1.13 bits per heavy atom. The maximum atomic E-state index is 12.6. The van der Waals surface area contributed by atoms with Crippen molar-refractivity contribution in [3.8, 4) is 5.75 Å². The first-order valence-electron chi connectivity index (χ1n) is 11.1. The SMILES string of the molecule is CCc1cc(=O)c2ccc(OC(C)C)c(COC[C@]34CC[C@](C)(C(=O)O3)C4(C)C)c2o1. The lowest BCUT2D eigenvalue weighted by molar-refractivity contribution is -0.166. The Bertz CT molecular complexity index is 1080. The summed E-state index contributed by atoms with van der Waals surface area (Å²) in [4.78, 5) is 25.1. The fraction of sp³-hybridized carbons (Fsp3) is 0.600. The van der Waals surface area contributed by atoms with Crippen molar-refractivity contribution in [2.45, 2.75) is 79.1 Å². The highest BCUT2D eigenvalue weighted by molar-refractivity contribution is 5.83. The Morgan fingerprint density at radius 3 is 2.45 bits per heavy atom. The summed E-state index contributed by atoms with van der Waals surface area (Å²) in [5, 5.41) is 0.506. The van der Waals surface area contributed by atoms with Crippen molar-refractivity contribution < 1.29 is 23.4 Å². The molecule has 2 aromatic rings. The molecule has 168 valence electrons.